The maximum Gasteiger partial charge on any atom is 0.326 e. The van der Waals surface area contributed by atoms with Crippen molar-refractivity contribution in [1.29, 1.82) is 0 Å². The van der Waals surface area contributed by atoms with E-state index >= 15 is 0 Å². The van der Waals surface area contributed by atoms with Crippen molar-refractivity contribution in [2.24, 2.45) is 23.3 Å². The lowest BCUT2D eigenvalue weighted by atomic mass is 9.96. The molecule has 0 spiro atoms. The summed E-state index contributed by atoms with van der Waals surface area (Å²) < 4.78 is 0. The summed E-state index contributed by atoms with van der Waals surface area (Å²) in [4.78, 5) is 220. The van der Waals surface area contributed by atoms with Gasteiger partial charge in [0.1, 0.15) is 78.0 Å². The number of carboxylic acids is 4. The smallest absolute Gasteiger partial charge is 0.326 e. The molecule has 13 atom stereocenters. The zero-order valence-electron chi connectivity index (χ0n) is 57.1. The molecule has 38 heteroatoms. The number of phenolic OH excluding ortho intramolecular Hbond substituents is 2. The molecule has 12 amide bonds. The van der Waals surface area contributed by atoms with Crippen molar-refractivity contribution in [3.8, 4) is 11.5 Å². The number of rotatable bonds is 26. The van der Waals surface area contributed by atoms with Gasteiger partial charge in [-0.2, -0.15) is 12.6 Å². The van der Waals surface area contributed by atoms with Gasteiger partial charge >= 0.3 is 23.9 Å². The van der Waals surface area contributed by atoms with Crippen molar-refractivity contribution in [2.75, 3.05) is 17.3 Å². The second-order valence-corrected chi connectivity index (χ2v) is 27.7. The quantitative estimate of drug-likeness (QED) is 0.0289. The third-order valence-electron chi connectivity index (χ3n) is 16.2. The number of aromatic hydroxyl groups is 2. The first-order valence-electron chi connectivity index (χ1n) is 32.8. The third kappa shape index (κ3) is 29.6. The van der Waals surface area contributed by atoms with Crippen LogP contribution in [0.5, 0.6) is 11.5 Å². The number of nitrogens with one attached hydrogen (secondary N) is 11. The average molecular weight is 1510 g/mol. The van der Waals surface area contributed by atoms with Gasteiger partial charge in [-0.25, -0.2) is 4.79 Å². The Morgan fingerprint density at radius 2 is 0.962 bits per heavy atom. The van der Waals surface area contributed by atoms with Gasteiger partial charge < -0.3 is 101 Å². The van der Waals surface area contributed by atoms with Gasteiger partial charge in [-0.1, -0.05) is 110 Å². The van der Waals surface area contributed by atoms with Gasteiger partial charge in [0.2, 0.25) is 70.9 Å². The Bertz CT molecular complexity index is 3540. The fourth-order valence-corrected chi connectivity index (χ4v) is 12.7. The molecule has 0 bridgehead atoms. The predicted molar refractivity (Wildman–Crippen MR) is 378 cm³/mol. The molecule has 1 saturated heterocycles. The van der Waals surface area contributed by atoms with E-state index in [-0.39, 0.29) is 30.8 Å². The molecule has 568 valence electrons. The highest BCUT2D eigenvalue weighted by atomic mass is 33.1. The van der Waals surface area contributed by atoms with Crippen LogP contribution in [0.1, 0.15) is 95.8 Å². The van der Waals surface area contributed by atoms with Crippen LogP contribution in [0.15, 0.2) is 78.9 Å². The first-order valence-corrected chi connectivity index (χ1v) is 35.9. The molecule has 0 radical (unpaired) electrons. The van der Waals surface area contributed by atoms with Gasteiger partial charge in [0, 0.05) is 49.4 Å². The number of amides is 12. The van der Waals surface area contributed by atoms with Crippen LogP contribution in [0.25, 0.3) is 0 Å². The summed E-state index contributed by atoms with van der Waals surface area (Å²) in [5, 5.41) is 86.3. The van der Waals surface area contributed by atoms with Crippen LogP contribution in [0.3, 0.4) is 0 Å². The van der Waals surface area contributed by atoms with Crippen LogP contribution < -0.4 is 70.0 Å². The Balaban J connectivity index is 1.95. The van der Waals surface area contributed by atoms with Gasteiger partial charge in [-0.05, 0) is 78.5 Å². The van der Waals surface area contributed by atoms with Gasteiger partial charge in [-0.15, -0.1) is 0 Å². The molecule has 1 unspecified atom stereocenters. The van der Waals surface area contributed by atoms with Crippen LogP contribution in [0.2, 0.25) is 0 Å². The second kappa shape index (κ2) is 43.0. The SMILES string of the molecule is CCC(C)[C@@H]1NC(=O)[C@H](Cc2ccc(O)cc2)NC(=O)[C@@H](NC(=O)[C@@H](N)Cc2ccccc2)CSSC[C@@H](C(=O)N[C@@H](Cc2ccc(O)cc2)C(=O)O)NC(=O)[C@H](CCC(N)=O)NC(=O)[C@H](CC(=O)O)NC(=O)[C@H](CCC(=O)O)NC(=O)[C@H](C(C)C)NC(=O)[C@H](CCC(=O)O)NC(=O)[C@H](CS)NC1=O. The molecule has 21 N–H and O–H groups in total. The Morgan fingerprint density at radius 1 is 0.519 bits per heavy atom. The molecular formula is C66H89N13O22S3. The largest absolute Gasteiger partial charge is 0.508 e. The highest BCUT2D eigenvalue weighted by Gasteiger charge is 2.39. The van der Waals surface area contributed by atoms with Crippen LogP contribution in [0, 0.1) is 11.8 Å². The fraction of sp³-hybridized carbons (Fsp3) is 0.485. The first-order chi connectivity index (χ1) is 49.1. The predicted octanol–water partition coefficient (Wildman–Crippen LogP) is -2.63. The third-order valence-corrected chi connectivity index (χ3v) is 19.0. The lowest BCUT2D eigenvalue weighted by molar-refractivity contribution is -0.142. The summed E-state index contributed by atoms with van der Waals surface area (Å²) in [6, 6.07) is -1.99. The summed E-state index contributed by atoms with van der Waals surface area (Å²) in [7, 11) is 1.51. The van der Waals surface area contributed by atoms with Crippen molar-refractivity contribution < 1.29 is 107 Å². The molecule has 1 fully saturated rings. The number of phenols is 2. The molecule has 0 aromatic heterocycles. The summed E-state index contributed by atoms with van der Waals surface area (Å²) in [5.74, 6) is -23.9. The fourth-order valence-electron chi connectivity index (χ4n) is 10.1. The van der Waals surface area contributed by atoms with Crippen molar-refractivity contribution in [2.45, 2.75) is 171 Å². The highest BCUT2D eigenvalue weighted by molar-refractivity contribution is 8.76. The minimum atomic E-state index is -2.22. The molecule has 1 aliphatic rings. The molecule has 3 aromatic rings. The summed E-state index contributed by atoms with van der Waals surface area (Å²) in [5.41, 5.74) is 13.1. The average Bonchev–Trinajstić information content (AvgIpc) is 0.854. The summed E-state index contributed by atoms with van der Waals surface area (Å²) >= 11 is 4.26. The van der Waals surface area contributed by atoms with E-state index in [1.165, 1.54) is 62.4 Å². The minimum Gasteiger partial charge on any atom is -0.508 e. The Kier molecular flexibility index (Phi) is 35.7. The second-order valence-electron chi connectivity index (χ2n) is 24.7. The molecule has 1 heterocycles. The number of carbonyl (C=O) groups is 16. The lowest BCUT2D eigenvalue weighted by Gasteiger charge is -2.30. The summed E-state index contributed by atoms with van der Waals surface area (Å²) in [6.07, 6.45) is -6.37. The number of thiol groups is 1. The molecule has 0 saturated carbocycles. The molecule has 3 aromatic carbocycles. The molecule has 104 heavy (non-hydrogen) atoms. The molecule has 4 rings (SSSR count). The first kappa shape index (κ1) is 86.2. The van der Waals surface area contributed by atoms with Gasteiger partial charge in [0.15, 0.2) is 0 Å². The zero-order valence-corrected chi connectivity index (χ0v) is 59.6. The molecule has 0 aliphatic carbocycles. The van der Waals surface area contributed by atoms with Crippen molar-refractivity contribution in [3.63, 3.8) is 0 Å². The van der Waals surface area contributed by atoms with Crippen LogP contribution in [0.4, 0.5) is 0 Å². The van der Waals surface area contributed by atoms with E-state index in [1.807, 2.05) is 0 Å². The van der Waals surface area contributed by atoms with Crippen molar-refractivity contribution in [3.05, 3.63) is 95.6 Å². The Hall–Kier alpha value is -10.2. The number of hydrogen-bond donors (Lipinski definition) is 20. The maximum atomic E-state index is 14.9. The topological polar surface area (TPSA) is 579 Å². The van der Waals surface area contributed by atoms with Crippen LogP contribution >= 0.6 is 34.2 Å². The number of benzene rings is 3. The standard InChI is InChI=1S/C66H89N13O22S3/c1-5-33(4)54-65(99)75-46(29-102)61(95)70-42(21-24-51(85)86)58(92)78-53(32(2)3)64(98)71-41(20-23-50(83)84)56(90)73-44(28-52(87)88)59(93)69-40(19-22-49(68)82)57(91)77-48(63(97)74-45(66(100)101)27-36-13-17-38(81)18-14-36)31-104-103-30-47(76-55(89)39(67)25-34-9-7-6-8-10-34)62(96)72-43(60(94)79-54)26-35-11-15-37(80)16-12-35/h6-18,32-33,39-48,53-54,80-81,102H,5,19-31,67H2,1-4H3,(H2,68,82)(H,69,93)(H,70,95)(H,71,98)(H,72,96)(H,73,90)(H,74,97)(H,75,99)(H,76,89)(H,77,91)(H,78,92)(H,79,94)(H,83,84)(H,85,86)(H,87,88)(H,100,101)/t33?,39-,40-,41-,42-,43-,44-,45-,46-,47-,48-,53-,54-/m0/s1. The normalized spacial score (nSPS) is 22.9. The Labute approximate surface area is 610 Å². The molecular weight excluding hydrogens is 1420 g/mol. The van der Waals surface area contributed by atoms with E-state index in [0.717, 1.165) is 21.6 Å². The number of carboxylic acid groups (broad SMARTS) is 4. The highest BCUT2D eigenvalue weighted by Crippen LogP contribution is 2.25. The number of aliphatic carboxylic acids is 4. The van der Waals surface area contributed by atoms with Gasteiger partial charge in [0.05, 0.1) is 12.5 Å². The lowest BCUT2D eigenvalue weighted by Crippen LogP contribution is -2.62. The van der Waals surface area contributed by atoms with Crippen molar-refractivity contribution >= 4 is 129 Å². The maximum absolute atomic E-state index is 14.9. The number of primary amides is 1. The Morgan fingerprint density at radius 3 is 1.48 bits per heavy atom. The van der Waals surface area contributed by atoms with Gasteiger partial charge in [-0.3, -0.25) is 71.9 Å². The van der Waals surface area contributed by atoms with E-state index in [2.05, 4.69) is 71.1 Å². The van der Waals surface area contributed by atoms with Crippen molar-refractivity contribution in [1.82, 2.24) is 58.5 Å². The summed E-state index contributed by atoms with van der Waals surface area (Å²) in [6.45, 7) is 6.03. The van der Waals surface area contributed by atoms with E-state index in [4.69, 9.17) is 11.5 Å². The van der Waals surface area contributed by atoms with Crippen LogP contribution in [-0.2, 0) is 96.0 Å². The number of nitrogens with two attached hydrogens (primary N) is 2. The monoisotopic (exact) mass is 1510 g/mol. The van der Waals surface area contributed by atoms with Crippen LogP contribution in [-0.4, -0.2) is 215 Å². The molecule has 1 aliphatic heterocycles. The molecule has 35 nitrogen and oxygen atoms in total. The van der Waals surface area contributed by atoms with E-state index in [1.54, 1.807) is 44.2 Å². The van der Waals surface area contributed by atoms with E-state index < -0.39 is 248 Å². The van der Waals surface area contributed by atoms with Gasteiger partial charge in [0.25, 0.3) is 0 Å². The number of hydrogen-bond acceptors (Lipinski definition) is 22. The number of carbonyl (C=O) groups excluding carboxylic acids is 12. The van der Waals surface area contributed by atoms with E-state index in [0.29, 0.717) is 16.7 Å². The zero-order chi connectivity index (χ0) is 77.5. The minimum absolute atomic E-state index is 0.0477. The van der Waals surface area contributed by atoms with E-state index in [9.17, 15) is 107 Å².